The lowest BCUT2D eigenvalue weighted by Gasteiger charge is -2.32. The first-order valence-electron chi connectivity index (χ1n) is 6.63. The van der Waals surface area contributed by atoms with Crippen LogP contribution < -0.4 is 17.0 Å². The van der Waals surface area contributed by atoms with Crippen molar-refractivity contribution in [2.75, 3.05) is 5.73 Å². The maximum Gasteiger partial charge on any atom is 0.256 e. The van der Waals surface area contributed by atoms with E-state index in [1.807, 2.05) is 13.8 Å². The molecule has 1 heterocycles. The zero-order valence-corrected chi connectivity index (χ0v) is 11.1. The summed E-state index contributed by atoms with van der Waals surface area (Å²) in [6.07, 6.45) is 5.06. The quantitative estimate of drug-likeness (QED) is 0.742. The first-order chi connectivity index (χ1) is 8.44. The van der Waals surface area contributed by atoms with Crippen LogP contribution in [0.15, 0.2) is 4.79 Å². The Morgan fingerprint density at radius 2 is 1.89 bits per heavy atom. The predicted molar refractivity (Wildman–Crippen MR) is 72.3 cm³/mol. The lowest BCUT2D eigenvalue weighted by atomic mass is 9.82. The second-order valence-electron chi connectivity index (χ2n) is 5.58. The topological polar surface area (TPSA) is 97.8 Å². The zero-order valence-electron chi connectivity index (χ0n) is 11.1. The smallest absolute Gasteiger partial charge is 0.256 e. The highest BCUT2D eigenvalue weighted by Crippen LogP contribution is 2.33. The van der Waals surface area contributed by atoms with E-state index in [2.05, 4.69) is 9.97 Å². The Morgan fingerprint density at radius 1 is 1.28 bits per heavy atom. The Labute approximate surface area is 107 Å². The fourth-order valence-electron chi connectivity index (χ4n) is 2.71. The van der Waals surface area contributed by atoms with E-state index in [0.29, 0.717) is 17.2 Å². The summed E-state index contributed by atoms with van der Waals surface area (Å²) in [4.78, 5) is 19.2. The highest BCUT2D eigenvalue weighted by molar-refractivity contribution is 5.40. The average Bonchev–Trinajstić information content (AvgIpc) is 2.28. The number of nitrogens with zero attached hydrogens (tertiary/aromatic N) is 1. The molecular weight excluding hydrogens is 228 g/mol. The molecule has 1 aromatic rings. The summed E-state index contributed by atoms with van der Waals surface area (Å²) in [5.74, 6) is 0.934. The normalized spacial score (nSPS) is 19.1. The monoisotopic (exact) mass is 250 g/mol. The van der Waals surface area contributed by atoms with Gasteiger partial charge in [-0.15, -0.1) is 0 Å². The Morgan fingerprint density at radius 3 is 2.39 bits per heavy atom. The van der Waals surface area contributed by atoms with Crippen molar-refractivity contribution in [3.8, 4) is 0 Å². The van der Waals surface area contributed by atoms with Gasteiger partial charge in [-0.2, -0.15) is 0 Å². The van der Waals surface area contributed by atoms with Crippen molar-refractivity contribution in [1.29, 1.82) is 0 Å². The summed E-state index contributed by atoms with van der Waals surface area (Å²) >= 11 is 0. The second kappa shape index (κ2) is 4.72. The van der Waals surface area contributed by atoms with Gasteiger partial charge >= 0.3 is 0 Å². The molecule has 0 saturated heterocycles. The number of nitrogen functional groups attached to an aromatic ring is 1. The molecule has 5 nitrogen and oxygen atoms in total. The molecule has 1 aromatic heterocycles. The Balaban J connectivity index is 2.44. The van der Waals surface area contributed by atoms with E-state index in [-0.39, 0.29) is 11.5 Å². The van der Waals surface area contributed by atoms with Crippen LogP contribution in [0.3, 0.4) is 0 Å². The van der Waals surface area contributed by atoms with Crippen LogP contribution in [0.1, 0.15) is 63.3 Å². The molecule has 0 unspecified atom stereocenters. The Hall–Kier alpha value is -1.36. The first-order valence-corrected chi connectivity index (χ1v) is 6.63. The minimum Gasteiger partial charge on any atom is -0.383 e. The summed E-state index contributed by atoms with van der Waals surface area (Å²) < 4.78 is 0. The molecule has 0 aromatic carbocycles. The highest BCUT2D eigenvalue weighted by atomic mass is 16.1. The third-order valence-corrected chi connectivity index (χ3v) is 3.78. The van der Waals surface area contributed by atoms with Gasteiger partial charge in [0, 0.05) is 0 Å². The molecule has 0 amide bonds. The van der Waals surface area contributed by atoms with Gasteiger partial charge in [-0.1, -0.05) is 33.1 Å². The molecule has 5 heteroatoms. The van der Waals surface area contributed by atoms with Gasteiger partial charge in [0.25, 0.3) is 5.56 Å². The number of aromatic nitrogens is 2. The molecule has 100 valence electrons. The summed E-state index contributed by atoms with van der Waals surface area (Å²) in [7, 11) is 0. The number of H-pyrrole nitrogens is 1. The maximum absolute atomic E-state index is 12.1. The molecule has 0 bridgehead atoms. The van der Waals surface area contributed by atoms with E-state index in [4.69, 9.17) is 11.5 Å². The number of nitrogens with two attached hydrogens (primary N) is 2. The van der Waals surface area contributed by atoms with Gasteiger partial charge in [0.15, 0.2) is 0 Å². The van der Waals surface area contributed by atoms with Gasteiger partial charge in [0.1, 0.15) is 11.6 Å². The van der Waals surface area contributed by atoms with E-state index >= 15 is 0 Å². The molecule has 1 aliphatic carbocycles. The van der Waals surface area contributed by atoms with Gasteiger partial charge in [0.2, 0.25) is 0 Å². The molecule has 1 saturated carbocycles. The Bertz CT molecular complexity index is 486. The number of aromatic amines is 1. The highest BCUT2D eigenvalue weighted by Gasteiger charge is 2.32. The third-order valence-electron chi connectivity index (χ3n) is 3.78. The maximum atomic E-state index is 12.1. The minimum atomic E-state index is -0.513. The molecule has 1 aliphatic rings. The van der Waals surface area contributed by atoms with Crippen molar-refractivity contribution in [2.45, 2.75) is 57.4 Å². The van der Waals surface area contributed by atoms with Crippen LogP contribution in [-0.4, -0.2) is 9.97 Å². The van der Waals surface area contributed by atoms with E-state index < -0.39 is 5.54 Å². The standard InChI is InChI=1S/C13H22N4O/c1-8(2)9-10(14)16-12(17-11(9)18)13(15)6-4-3-5-7-13/h8H,3-7,15H2,1-2H3,(H3,14,16,17,18). The lowest BCUT2D eigenvalue weighted by molar-refractivity contribution is 0.286. The molecule has 0 radical (unpaired) electrons. The molecule has 0 spiro atoms. The van der Waals surface area contributed by atoms with Crippen LogP contribution in [-0.2, 0) is 5.54 Å². The van der Waals surface area contributed by atoms with E-state index in [0.717, 1.165) is 25.7 Å². The van der Waals surface area contributed by atoms with Gasteiger partial charge in [-0.3, -0.25) is 4.79 Å². The first kappa shape index (κ1) is 13.1. The second-order valence-corrected chi connectivity index (χ2v) is 5.58. The van der Waals surface area contributed by atoms with Gasteiger partial charge < -0.3 is 16.5 Å². The Kier molecular flexibility index (Phi) is 3.43. The largest absolute Gasteiger partial charge is 0.383 e. The van der Waals surface area contributed by atoms with Crippen molar-refractivity contribution in [3.63, 3.8) is 0 Å². The zero-order chi connectivity index (χ0) is 13.3. The average molecular weight is 250 g/mol. The molecule has 0 atom stereocenters. The van der Waals surface area contributed by atoms with Crippen molar-refractivity contribution in [3.05, 3.63) is 21.7 Å². The number of anilines is 1. The van der Waals surface area contributed by atoms with Crippen molar-refractivity contribution in [2.24, 2.45) is 5.73 Å². The summed E-state index contributed by atoms with van der Waals surface area (Å²) in [5.41, 5.74) is 12.1. The van der Waals surface area contributed by atoms with Gasteiger partial charge in [-0.25, -0.2) is 4.98 Å². The van der Waals surface area contributed by atoms with Crippen LogP contribution in [0, 0.1) is 0 Å². The van der Waals surface area contributed by atoms with Crippen LogP contribution in [0.5, 0.6) is 0 Å². The molecular formula is C13H22N4O. The van der Waals surface area contributed by atoms with E-state index in [1.54, 1.807) is 0 Å². The van der Waals surface area contributed by atoms with Gasteiger partial charge in [0.05, 0.1) is 11.1 Å². The van der Waals surface area contributed by atoms with Crippen molar-refractivity contribution < 1.29 is 0 Å². The third kappa shape index (κ3) is 2.27. The fraction of sp³-hybridized carbons (Fsp3) is 0.692. The summed E-state index contributed by atoms with van der Waals surface area (Å²) in [6, 6.07) is 0. The molecule has 18 heavy (non-hydrogen) atoms. The summed E-state index contributed by atoms with van der Waals surface area (Å²) in [5, 5.41) is 0. The van der Waals surface area contributed by atoms with Crippen LogP contribution in [0.4, 0.5) is 5.82 Å². The van der Waals surface area contributed by atoms with Crippen LogP contribution in [0.2, 0.25) is 0 Å². The van der Waals surface area contributed by atoms with Crippen molar-refractivity contribution in [1.82, 2.24) is 9.97 Å². The lowest BCUT2D eigenvalue weighted by Crippen LogP contribution is -2.42. The minimum absolute atomic E-state index is 0.0652. The van der Waals surface area contributed by atoms with E-state index in [1.165, 1.54) is 6.42 Å². The predicted octanol–water partition coefficient (Wildman–Crippen LogP) is 1.59. The van der Waals surface area contributed by atoms with Crippen LogP contribution in [0.25, 0.3) is 0 Å². The number of hydrogen-bond donors (Lipinski definition) is 3. The van der Waals surface area contributed by atoms with E-state index in [9.17, 15) is 4.79 Å². The fourth-order valence-corrected chi connectivity index (χ4v) is 2.71. The number of rotatable bonds is 2. The van der Waals surface area contributed by atoms with Crippen LogP contribution >= 0.6 is 0 Å². The molecule has 1 fully saturated rings. The number of nitrogens with one attached hydrogen (secondary N) is 1. The SMILES string of the molecule is CC(C)c1c(N)nc(C2(N)CCCCC2)[nH]c1=O. The summed E-state index contributed by atoms with van der Waals surface area (Å²) in [6.45, 7) is 3.86. The number of hydrogen-bond acceptors (Lipinski definition) is 4. The molecule has 2 rings (SSSR count). The van der Waals surface area contributed by atoms with Gasteiger partial charge in [-0.05, 0) is 18.8 Å². The van der Waals surface area contributed by atoms with Crippen molar-refractivity contribution >= 4 is 5.82 Å². The molecule has 0 aliphatic heterocycles. The molecule has 5 N–H and O–H groups in total.